The summed E-state index contributed by atoms with van der Waals surface area (Å²) in [6, 6.07) is 24.4. The first-order valence-corrected chi connectivity index (χ1v) is 9.74. The minimum absolute atomic E-state index is 0.737. The quantitative estimate of drug-likeness (QED) is 0.349. The van der Waals surface area contributed by atoms with E-state index in [9.17, 15) is 0 Å². The maximum atomic E-state index is 6.19. The van der Waals surface area contributed by atoms with Crippen LogP contribution in [0.1, 0.15) is 0 Å². The van der Waals surface area contributed by atoms with E-state index in [-0.39, 0.29) is 0 Å². The average Bonchev–Trinajstić information content (AvgIpc) is 3.24. The van der Waals surface area contributed by atoms with Crippen LogP contribution in [0.4, 0.5) is 0 Å². The molecule has 0 N–H and O–H groups in total. The van der Waals surface area contributed by atoms with E-state index in [1.807, 2.05) is 42.5 Å². The number of halogens is 1. The highest BCUT2D eigenvalue weighted by Gasteiger charge is 2.19. The van der Waals surface area contributed by atoms with Gasteiger partial charge in [-0.2, -0.15) is 0 Å². The Morgan fingerprint density at radius 3 is 2.44 bits per heavy atom. The first-order chi connectivity index (χ1) is 13.2. The predicted octanol–water partition coefficient (Wildman–Crippen LogP) is 6.55. The van der Waals surface area contributed by atoms with Gasteiger partial charge in [0.05, 0.1) is 28.7 Å². The molecule has 0 saturated carbocycles. The summed E-state index contributed by atoms with van der Waals surface area (Å²) in [4.78, 5) is 5.93. The smallest absolute Gasteiger partial charge is 0.195 e. The second kappa shape index (κ2) is 6.41. The van der Waals surface area contributed by atoms with Gasteiger partial charge in [-0.25, -0.2) is 4.98 Å². The Morgan fingerprint density at radius 1 is 0.926 bits per heavy atom. The van der Waals surface area contributed by atoms with E-state index >= 15 is 0 Å². The Hall–Kier alpha value is -2.82. The minimum atomic E-state index is 0.737. The number of imidazole rings is 1. The standard InChI is InChI=1S/C22H15ClN2OS/c1-26-17-10-7-15(8-11-17)21-20(14-5-3-2-4-6-14)24-22-25(21)18-12-9-16(23)13-19(18)27-22/h2-13H,1H3. The summed E-state index contributed by atoms with van der Waals surface area (Å²) in [5.41, 5.74) is 5.36. The zero-order valence-electron chi connectivity index (χ0n) is 14.5. The lowest BCUT2D eigenvalue weighted by Gasteiger charge is -2.07. The van der Waals surface area contributed by atoms with Gasteiger partial charge in [-0.1, -0.05) is 53.3 Å². The molecule has 132 valence electrons. The second-order valence-corrected chi connectivity index (χ2v) is 7.68. The van der Waals surface area contributed by atoms with Crippen molar-refractivity contribution >= 4 is 38.1 Å². The first kappa shape index (κ1) is 16.4. The molecule has 5 aromatic rings. The number of fused-ring (bicyclic) bond motifs is 3. The number of nitrogens with zero attached hydrogens (tertiary/aromatic N) is 2. The Kier molecular flexibility index (Phi) is 3.88. The molecule has 0 aliphatic heterocycles. The fraction of sp³-hybridized carbons (Fsp3) is 0.0455. The van der Waals surface area contributed by atoms with Crippen LogP contribution in [-0.4, -0.2) is 16.5 Å². The predicted molar refractivity (Wildman–Crippen MR) is 113 cm³/mol. The van der Waals surface area contributed by atoms with Crippen LogP contribution < -0.4 is 4.74 Å². The van der Waals surface area contributed by atoms with Crippen molar-refractivity contribution in [1.82, 2.24) is 9.38 Å². The molecular weight excluding hydrogens is 376 g/mol. The first-order valence-electron chi connectivity index (χ1n) is 8.55. The van der Waals surface area contributed by atoms with E-state index < -0.39 is 0 Å². The molecule has 0 fully saturated rings. The Labute approximate surface area is 165 Å². The van der Waals surface area contributed by atoms with Crippen molar-refractivity contribution in [3.05, 3.63) is 77.8 Å². The van der Waals surface area contributed by atoms with Crippen LogP contribution in [0.3, 0.4) is 0 Å². The zero-order chi connectivity index (χ0) is 18.4. The Balaban J connectivity index is 1.86. The molecule has 5 heteroatoms. The molecule has 0 aliphatic carbocycles. The van der Waals surface area contributed by atoms with Crippen molar-refractivity contribution in [2.75, 3.05) is 7.11 Å². The number of methoxy groups -OCH3 is 1. The van der Waals surface area contributed by atoms with E-state index in [1.54, 1.807) is 18.4 Å². The van der Waals surface area contributed by atoms with Gasteiger partial charge in [0.25, 0.3) is 0 Å². The number of hydrogen-bond acceptors (Lipinski definition) is 3. The highest BCUT2D eigenvalue weighted by Crippen LogP contribution is 2.39. The van der Waals surface area contributed by atoms with E-state index in [2.05, 4.69) is 34.7 Å². The fourth-order valence-electron chi connectivity index (χ4n) is 3.36. The molecule has 0 atom stereocenters. The maximum absolute atomic E-state index is 6.19. The van der Waals surface area contributed by atoms with E-state index in [0.717, 1.165) is 48.5 Å². The van der Waals surface area contributed by atoms with Gasteiger partial charge in [-0.15, -0.1) is 0 Å². The van der Waals surface area contributed by atoms with Crippen molar-refractivity contribution in [3.8, 4) is 28.3 Å². The summed E-state index contributed by atoms with van der Waals surface area (Å²) >= 11 is 7.84. The highest BCUT2D eigenvalue weighted by atomic mass is 35.5. The van der Waals surface area contributed by atoms with E-state index in [4.69, 9.17) is 21.3 Å². The van der Waals surface area contributed by atoms with Gasteiger partial charge in [-0.3, -0.25) is 4.40 Å². The molecule has 0 unspecified atom stereocenters. The largest absolute Gasteiger partial charge is 0.497 e. The summed E-state index contributed by atoms with van der Waals surface area (Å²) < 4.78 is 8.67. The Morgan fingerprint density at radius 2 is 1.70 bits per heavy atom. The lowest BCUT2D eigenvalue weighted by molar-refractivity contribution is 0.415. The normalized spacial score (nSPS) is 11.3. The van der Waals surface area contributed by atoms with Gasteiger partial charge >= 0.3 is 0 Å². The van der Waals surface area contributed by atoms with Gasteiger partial charge in [0.2, 0.25) is 0 Å². The van der Waals surface area contributed by atoms with Crippen LogP contribution in [0.25, 0.3) is 37.7 Å². The van der Waals surface area contributed by atoms with Gasteiger partial charge in [0.15, 0.2) is 4.96 Å². The van der Waals surface area contributed by atoms with Crippen molar-refractivity contribution < 1.29 is 4.74 Å². The molecule has 5 rings (SSSR count). The third kappa shape index (κ3) is 2.69. The zero-order valence-corrected chi connectivity index (χ0v) is 16.1. The molecule has 0 amide bonds. The van der Waals surface area contributed by atoms with Gasteiger partial charge < -0.3 is 4.74 Å². The highest BCUT2D eigenvalue weighted by molar-refractivity contribution is 7.23. The molecule has 0 radical (unpaired) electrons. The SMILES string of the molecule is COc1ccc(-c2c(-c3ccccc3)nc3sc4cc(Cl)ccc4n23)cc1. The van der Waals surface area contributed by atoms with Crippen LogP contribution in [0.15, 0.2) is 72.8 Å². The molecule has 2 aromatic heterocycles. The number of benzene rings is 3. The number of aromatic nitrogens is 2. The maximum Gasteiger partial charge on any atom is 0.195 e. The van der Waals surface area contributed by atoms with Gasteiger partial charge in [-0.05, 0) is 42.5 Å². The monoisotopic (exact) mass is 390 g/mol. The third-order valence-corrected chi connectivity index (χ3v) is 5.86. The lowest BCUT2D eigenvalue weighted by Crippen LogP contribution is -1.90. The minimum Gasteiger partial charge on any atom is -0.497 e. The van der Waals surface area contributed by atoms with Crippen LogP contribution >= 0.6 is 22.9 Å². The molecule has 0 bridgehead atoms. The lowest BCUT2D eigenvalue weighted by atomic mass is 10.0. The molecule has 3 nitrogen and oxygen atoms in total. The summed E-state index contributed by atoms with van der Waals surface area (Å²) in [6.45, 7) is 0. The summed E-state index contributed by atoms with van der Waals surface area (Å²) in [6.07, 6.45) is 0. The molecule has 0 spiro atoms. The molecule has 3 aromatic carbocycles. The van der Waals surface area contributed by atoms with Crippen LogP contribution in [0.2, 0.25) is 5.02 Å². The van der Waals surface area contributed by atoms with Gasteiger partial charge in [0.1, 0.15) is 5.75 Å². The summed E-state index contributed by atoms with van der Waals surface area (Å²) in [5, 5.41) is 0.737. The van der Waals surface area contributed by atoms with Crippen LogP contribution in [0.5, 0.6) is 5.75 Å². The molecule has 0 aliphatic rings. The topological polar surface area (TPSA) is 26.5 Å². The molecule has 2 heterocycles. The van der Waals surface area contributed by atoms with Crippen LogP contribution in [0, 0.1) is 0 Å². The second-order valence-electron chi connectivity index (χ2n) is 6.24. The van der Waals surface area contributed by atoms with Crippen molar-refractivity contribution in [3.63, 3.8) is 0 Å². The number of hydrogen-bond donors (Lipinski definition) is 0. The van der Waals surface area contributed by atoms with Crippen molar-refractivity contribution in [1.29, 1.82) is 0 Å². The fourth-order valence-corrected chi connectivity index (χ4v) is 4.66. The summed E-state index contributed by atoms with van der Waals surface area (Å²) in [5.74, 6) is 0.836. The Bertz CT molecular complexity index is 1260. The van der Waals surface area contributed by atoms with E-state index in [0.29, 0.717) is 0 Å². The summed E-state index contributed by atoms with van der Waals surface area (Å²) in [7, 11) is 1.68. The molecule has 0 saturated heterocycles. The third-order valence-electron chi connectivity index (χ3n) is 4.62. The number of ether oxygens (including phenoxy) is 1. The number of rotatable bonds is 3. The molecule has 27 heavy (non-hydrogen) atoms. The van der Waals surface area contributed by atoms with E-state index in [1.165, 1.54) is 0 Å². The van der Waals surface area contributed by atoms with Gasteiger partial charge in [0, 0.05) is 16.1 Å². The number of thiazole rings is 1. The van der Waals surface area contributed by atoms with Crippen molar-refractivity contribution in [2.24, 2.45) is 0 Å². The van der Waals surface area contributed by atoms with Crippen LogP contribution in [-0.2, 0) is 0 Å². The molecular formula is C22H15ClN2OS. The average molecular weight is 391 g/mol. The van der Waals surface area contributed by atoms with Crippen molar-refractivity contribution in [2.45, 2.75) is 0 Å².